The van der Waals surface area contributed by atoms with E-state index < -0.39 is 33.6 Å². The SMILES string of the molecule is NS(=O)(=O)Nc1ccc(-c2ccc(C(F)(F)F)c(F)c2)c(F)c1. The summed E-state index contributed by atoms with van der Waals surface area (Å²) in [5.74, 6) is -2.50. The van der Waals surface area contributed by atoms with Crippen molar-refractivity contribution in [3.63, 3.8) is 0 Å². The summed E-state index contributed by atoms with van der Waals surface area (Å²) in [7, 11) is -4.10. The van der Waals surface area contributed by atoms with Crippen molar-refractivity contribution in [1.29, 1.82) is 0 Å². The second-order valence-corrected chi connectivity index (χ2v) is 5.83. The highest BCUT2D eigenvalue weighted by molar-refractivity contribution is 7.90. The van der Waals surface area contributed by atoms with E-state index >= 15 is 0 Å². The molecule has 23 heavy (non-hydrogen) atoms. The average molecular weight is 352 g/mol. The first-order valence-electron chi connectivity index (χ1n) is 5.94. The van der Waals surface area contributed by atoms with Gasteiger partial charge >= 0.3 is 6.18 Å². The van der Waals surface area contributed by atoms with Gasteiger partial charge in [0, 0.05) is 5.56 Å². The van der Waals surface area contributed by atoms with Gasteiger partial charge in [-0.25, -0.2) is 13.9 Å². The molecule has 0 aliphatic heterocycles. The van der Waals surface area contributed by atoms with Crippen molar-refractivity contribution in [2.75, 3.05) is 4.72 Å². The fourth-order valence-corrected chi connectivity index (χ4v) is 2.35. The summed E-state index contributed by atoms with van der Waals surface area (Å²) in [4.78, 5) is 0. The molecule has 2 rings (SSSR count). The Morgan fingerprint density at radius 2 is 1.61 bits per heavy atom. The van der Waals surface area contributed by atoms with Crippen LogP contribution in [-0.4, -0.2) is 8.42 Å². The first-order chi connectivity index (χ1) is 10.5. The fraction of sp³-hybridized carbons (Fsp3) is 0.0769. The Hall–Kier alpha value is -2.20. The number of nitrogens with two attached hydrogens (primary N) is 1. The molecular weight excluding hydrogens is 343 g/mol. The summed E-state index contributed by atoms with van der Waals surface area (Å²) in [5.41, 5.74) is -1.97. The van der Waals surface area contributed by atoms with Crippen molar-refractivity contribution in [3.05, 3.63) is 53.6 Å². The molecule has 4 nitrogen and oxygen atoms in total. The van der Waals surface area contributed by atoms with Crippen molar-refractivity contribution in [1.82, 2.24) is 0 Å². The fourth-order valence-electron chi connectivity index (χ4n) is 1.89. The van der Waals surface area contributed by atoms with Crippen LogP contribution in [0.3, 0.4) is 0 Å². The zero-order valence-electron chi connectivity index (χ0n) is 11.2. The van der Waals surface area contributed by atoms with E-state index in [1.807, 2.05) is 4.72 Å². The first kappa shape index (κ1) is 17.2. The highest BCUT2D eigenvalue weighted by Gasteiger charge is 2.34. The van der Waals surface area contributed by atoms with Gasteiger partial charge in [0.25, 0.3) is 10.2 Å². The van der Waals surface area contributed by atoms with Crippen LogP contribution in [0.4, 0.5) is 27.6 Å². The van der Waals surface area contributed by atoms with E-state index in [9.17, 15) is 30.4 Å². The van der Waals surface area contributed by atoms with Crippen molar-refractivity contribution >= 4 is 15.9 Å². The van der Waals surface area contributed by atoms with Gasteiger partial charge in [-0.1, -0.05) is 6.07 Å². The number of hydrogen-bond acceptors (Lipinski definition) is 2. The van der Waals surface area contributed by atoms with Crippen LogP contribution in [0, 0.1) is 11.6 Å². The molecule has 0 aliphatic rings. The van der Waals surface area contributed by atoms with Gasteiger partial charge in [-0.05, 0) is 35.9 Å². The topological polar surface area (TPSA) is 72.2 Å². The molecule has 2 aromatic carbocycles. The second-order valence-electron chi connectivity index (χ2n) is 4.53. The third-order valence-electron chi connectivity index (χ3n) is 2.81. The highest BCUT2D eigenvalue weighted by Crippen LogP contribution is 2.34. The molecular formula is C13H9F5N2O2S. The Morgan fingerprint density at radius 3 is 2.09 bits per heavy atom. The number of nitrogens with one attached hydrogen (secondary N) is 1. The Balaban J connectivity index is 2.42. The van der Waals surface area contributed by atoms with E-state index in [4.69, 9.17) is 5.14 Å². The van der Waals surface area contributed by atoms with E-state index in [0.717, 1.165) is 24.3 Å². The summed E-state index contributed by atoms with van der Waals surface area (Å²) in [6, 6.07) is 4.96. The molecule has 0 fully saturated rings. The van der Waals surface area contributed by atoms with Crippen LogP contribution in [0.2, 0.25) is 0 Å². The molecule has 0 aliphatic carbocycles. The van der Waals surface area contributed by atoms with E-state index in [0.29, 0.717) is 12.1 Å². The summed E-state index contributed by atoms with van der Waals surface area (Å²) in [6.45, 7) is 0. The van der Waals surface area contributed by atoms with E-state index in [2.05, 4.69) is 0 Å². The Bertz CT molecular complexity index is 850. The predicted octanol–water partition coefficient (Wildman–Crippen LogP) is 3.27. The number of benzene rings is 2. The molecule has 0 unspecified atom stereocenters. The number of hydrogen-bond donors (Lipinski definition) is 2. The predicted molar refractivity (Wildman–Crippen MR) is 73.5 cm³/mol. The maximum absolute atomic E-state index is 14.0. The monoisotopic (exact) mass is 352 g/mol. The Labute approximate surface area is 127 Å². The van der Waals surface area contributed by atoms with Gasteiger partial charge < -0.3 is 0 Å². The molecule has 2 aromatic rings. The summed E-state index contributed by atoms with van der Waals surface area (Å²) in [6.07, 6.45) is -4.86. The molecule has 0 bridgehead atoms. The zero-order valence-corrected chi connectivity index (χ0v) is 12.0. The van der Waals surface area contributed by atoms with Crippen LogP contribution in [-0.2, 0) is 16.4 Å². The Morgan fingerprint density at radius 1 is 0.957 bits per heavy atom. The summed E-state index contributed by atoms with van der Waals surface area (Å²) in [5, 5.41) is 4.73. The lowest BCUT2D eigenvalue weighted by molar-refractivity contribution is -0.139. The van der Waals surface area contributed by atoms with Gasteiger partial charge in [0.1, 0.15) is 11.6 Å². The highest BCUT2D eigenvalue weighted by atomic mass is 32.2. The molecule has 124 valence electrons. The lowest BCUT2D eigenvalue weighted by Gasteiger charge is -2.11. The second kappa shape index (κ2) is 5.78. The number of alkyl halides is 3. The molecule has 0 atom stereocenters. The molecule has 0 spiro atoms. The minimum atomic E-state index is -4.86. The van der Waals surface area contributed by atoms with Gasteiger partial charge in [-0.3, -0.25) is 4.72 Å². The minimum absolute atomic E-state index is 0.129. The van der Waals surface area contributed by atoms with E-state index in [-0.39, 0.29) is 16.8 Å². The van der Waals surface area contributed by atoms with Crippen molar-refractivity contribution in [2.24, 2.45) is 5.14 Å². The van der Waals surface area contributed by atoms with Gasteiger partial charge in [-0.2, -0.15) is 21.6 Å². The standard InChI is InChI=1S/C13H9F5N2O2S/c14-11-6-8(20-23(19,21)22)2-3-9(11)7-1-4-10(12(15)5-7)13(16,17)18/h1-6,20H,(H2,19,21,22). The molecule has 10 heteroatoms. The minimum Gasteiger partial charge on any atom is -0.271 e. The van der Waals surface area contributed by atoms with Crippen LogP contribution >= 0.6 is 0 Å². The quantitative estimate of drug-likeness (QED) is 0.833. The van der Waals surface area contributed by atoms with Crippen LogP contribution in [0.15, 0.2) is 36.4 Å². The van der Waals surface area contributed by atoms with Crippen molar-refractivity contribution in [3.8, 4) is 11.1 Å². The molecule has 0 aromatic heterocycles. The lowest BCUT2D eigenvalue weighted by Crippen LogP contribution is -2.21. The normalized spacial score (nSPS) is 12.3. The van der Waals surface area contributed by atoms with Crippen LogP contribution in [0.5, 0.6) is 0 Å². The smallest absolute Gasteiger partial charge is 0.271 e. The van der Waals surface area contributed by atoms with Crippen LogP contribution in [0.25, 0.3) is 11.1 Å². The van der Waals surface area contributed by atoms with Gasteiger partial charge in [0.05, 0.1) is 11.3 Å². The summed E-state index contributed by atoms with van der Waals surface area (Å²) < 4.78 is 88.4. The molecule has 0 saturated carbocycles. The molecule has 3 N–H and O–H groups in total. The lowest BCUT2D eigenvalue weighted by atomic mass is 10.0. The molecule has 0 heterocycles. The van der Waals surface area contributed by atoms with Gasteiger partial charge in [0.15, 0.2) is 0 Å². The zero-order chi connectivity index (χ0) is 17.4. The molecule has 0 saturated heterocycles. The van der Waals surface area contributed by atoms with Crippen molar-refractivity contribution in [2.45, 2.75) is 6.18 Å². The van der Waals surface area contributed by atoms with Crippen LogP contribution in [0.1, 0.15) is 5.56 Å². The largest absolute Gasteiger partial charge is 0.419 e. The third-order valence-corrected chi connectivity index (χ3v) is 3.33. The van der Waals surface area contributed by atoms with Gasteiger partial charge in [0.2, 0.25) is 0 Å². The first-order valence-corrected chi connectivity index (χ1v) is 7.49. The maximum Gasteiger partial charge on any atom is 0.419 e. The number of halogens is 5. The maximum atomic E-state index is 14.0. The third kappa shape index (κ3) is 4.17. The van der Waals surface area contributed by atoms with E-state index in [1.54, 1.807) is 0 Å². The van der Waals surface area contributed by atoms with E-state index in [1.165, 1.54) is 0 Å². The number of anilines is 1. The van der Waals surface area contributed by atoms with Gasteiger partial charge in [-0.15, -0.1) is 0 Å². The number of rotatable bonds is 3. The summed E-state index contributed by atoms with van der Waals surface area (Å²) >= 11 is 0. The molecule has 0 amide bonds. The van der Waals surface area contributed by atoms with Crippen molar-refractivity contribution < 1.29 is 30.4 Å². The Kier molecular flexibility index (Phi) is 4.31. The average Bonchev–Trinajstić information content (AvgIpc) is 2.35. The molecule has 0 radical (unpaired) electrons. The van der Waals surface area contributed by atoms with Crippen LogP contribution < -0.4 is 9.86 Å².